The summed E-state index contributed by atoms with van der Waals surface area (Å²) in [6, 6.07) is 12.3. The number of methoxy groups -OCH3 is 1. The van der Waals surface area contributed by atoms with Gasteiger partial charge in [0.2, 0.25) is 0 Å². The van der Waals surface area contributed by atoms with Crippen LogP contribution in [0.15, 0.2) is 42.5 Å². The van der Waals surface area contributed by atoms with Crippen LogP contribution in [0, 0.1) is 3.57 Å². The third-order valence-corrected chi connectivity index (χ3v) is 3.57. The first-order valence-electron chi connectivity index (χ1n) is 5.50. The molecule has 98 valence electrons. The molecule has 5 heteroatoms. The SMILES string of the molecule is COc1ccc(C(=O)Nc2cccc(Cl)c2)cc1I. The molecule has 0 heterocycles. The Hall–Kier alpha value is -1.27. The van der Waals surface area contributed by atoms with E-state index >= 15 is 0 Å². The third-order valence-electron chi connectivity index (χ3n) is 2.50. The number of amides is 1. The van der Waals surface area contributed by atoms with Crippen molar-refractivity contribution in [1.82, 2.24) is 0 Å². The largest absolute Gasteiger partial charge is 0.496 e. The van der Waals surface area contributed by atoms with Crippen molar-refractivity contribution in [1.29, 1.82) is 0 Å². The summed E-state index contributed by atoms with van der Waals surface area (Å²) < 4.78 is 6.04. The lowest BCUT2D eigenvalue weighted by Crippen LogP contribution is -2.12. The van der Waals surface area contributed by atoms with Crippen LogP contribution < -0.4 is 10.1 Å². The van der Waals surface area contributed by atoms with Gasteiger partial charge in [-0.15, -0.1) is 0 Å². The van der Waals surface area contributed by atoms with Crippen LogP contribution >= 0.6 is 34.2 Å². The topological polar surface area (TPSA) is 38.3 Å². The lowest BCUT2D eigenvalue weighted by Gasteiger charge is -2.08. The Morgan fingerprint density at radius 1 is 1.26 bits per heavy atom. The number of hydrogen-bond donors (Lipinski definition) is 1. The van der Waals surface area contributed by atoms with E-state index in [0.29, 0.717) is 16.3 Å². The van der Waals surface area contributed by atoms with Gasteiger partial charge in [-0.05, 0) is 59.0 Å². The first-order chi connectivity index (χ1) is 9.10. The molecule has 2 aromatic rings. The fourth-order valence-corrected chi connectivity index (χ4v) is 2.50. The van der Waals surface area contributed by atoms with E-state index in [2.05, 4.69) is 27.9 Å². The molecule has 2 rings (SSSR count). The van der Waals surface area contributed by atoms with Gasteiger partial charge >= 0.3 is 0 Å². The van der Waals surface area contributed by atoms with Crippen LogP contribution in [0.5, 0.6) is 5.75 Å². The smallest absolute Gasteiger partial charge is 0.255 e. The highest BCUT2D eigenvalue weighted by Crippen LogP contribution is 2.22. The maximum atomic E-state index is 12.1. The molecule has 0 aliphatic heterocycles. The summed E-state index contributed by atoms with van der Waals surface area (Å²) in [5.74, 6) is 0.572. The summed E-state index contributed by atoms with van der Waals surface area (Å²) in [4.78, 5) is 12.1. The van der Waals surface area contributed by atoms with Crippen LogP contribution in [0.4, 0.5) is 5.69 Å². The van der Waals surface area contributed by atoms with Gasteiger partial charge in [0, 0.05) is 16.3 Å². The highest BCUT2D eigenvalue weighted by Gasteiger charge is 2.09. The van der Waals surface area contributed by atoms with Crippen LogP contribution in [0.25, 0.3) is 0 Å². The molecule has 0 bridgehead atoms. The van der Waals surface area contributed by atoms with Crippen LogP contribution in [-0.4, -0.2) is 13.0 Å². The molecule has 0 unspecified atom stereocenters. The lowest BCUT2D eigenvalue weighted by molar-refractivity contribution is 0.102. The number of nitrogens with one attached hydrogen (secondary N) is 1. The van der Waals surface area contributed by atoms with Gasteiger partial charge in [0.05, 0.1) is 10.7 Å². The summed E-state index contributed by atoms with van der Waals surface area (Å²) in [5, 5.41) is 3.38. The Bertz CT molecular complexity index is 616. The van der Waals surface area contributed by atoms with E-state index in [-0.39, 0.29) is 5.91 Å². The van der Waals surface area contributed by atoms with Gasteiger partial charge in [0.1, 0.15) is 5.75 Å². The van der Waals surface area contributed by atoms with Crippen LogP contribution in [0.1, 0.15) is 10.4 Å². The molecule has 0 saturated heterocycles. The molecule has 19 heavy (non-hydrogen) atoms. The average Bonchev–Trinajstić information content (AvgIpc) is 2.38. The zero-order valence-corrected chi connectivity index (χ0v) is 13.0. The van der Waals surface area contributed by atoms with Crippen LogP contribution in [-0.2, 0) is 0 Å². The Morgan fingerprint density at radius 3 is 2.68 bits per heavy atom. The quantitative estimate of drug-likeness (QED) is 0.802. The molecule has 3 nitrogen and oxygen atoms in total. The second-order valence-corrected chi connectivity index (χ2v) is 5.41. The Labute approximate surface area is 130 Å². The standard InChI is InChI=1S/C14H11ClINO2/c1-19-13-6-5-9(7-12(13)16)14(18)17-11-4-2-3-10(15)8-11/h2-8H,1H3,(H,17,18). The summed E-state index contributed by atoms with van der Waals surface area (Å²) >= 11 is 8.00. The number of benzene rings is 2. The maximum Gasteiger partial charge on any atom is 0.255 e. The predicted molar refractivity (Wildman–Crippen MR) is 85.1 cm³/mol. The zero-order chi connectivity index (χ0) is 13.8. The highest BCUT2D eigenvalue weighted by atomic mass is 127. The maximum absolute atomic E-state index is 12.1. The van der Waals surface area contributed by atoms with Crippen molar-refractivity contribution in [3.8, 4) is 5.75 Å². The van der Waals surface area contributed by atoms with Crippen molar-refractivity contribution >= 4 is 45.8 Å². The van der Waals surface area contributed by atoms with Gasteiger partial charge < -0.3 is 10.1 Å². The van der Waals surface area contributed by atoms with Crippen molar-refractivity contribution in [3.63, 3.8) is 0 Å². The number of rotatable bonds is 3. The monoisotopic (exact) mass is 387 g/mol. The molecule has 0 aliphatic rings. The molecule has 0 atom stereocenters. The second-order valence-electron chi connectivity index (χ2n) is 3.81. The third kappa shape index (κ3) is 3.61. The fraction of sp³-hybridized carbons (Fsp3) is 0.0714. The number of ether oxygens (including phenoxy) is 1. The van der Waals surface area contributed by atoms with Gasteiger partial charge in [-0.25, -0.2) is 0 Å². The van der Waals surface area contributed by atoms with Crippen LogP contribution in [0.3, 0.4) is 0 Å². The van der Waals surface area contributed by atoms with E-state index in [1.54, 1.807) is 49.6 Å². The number of hydrogen-bond acceptors (Lipinski definition) is 2. The number of halogens is 2. The lowest BCUT2D eigenvalue weighted by atomic mass is 10.2. The highest BCUT2D eigenvalue weighted by molar-refractivity contribution is 14.1. The van der Waals surface area contributed by atoms with Crippen LogP contribution in [0.2, 0.25) is 5.02 Å². The van der Waals surface area contributed by atoms with E-state index in [0.717, 1.165) is 9.32 Å². The predicted octanol–water partition coefficient (Wildman–Crippen LogP) is 4.21. The number of carbonyl (C=O) groups excluding carboxylic acids is 1. The van der Waals surface area contributed by atoms with E-state index in [9.17, 15) is 4.79 Å². The van der Waals surface area contributed by atoms with Gasteiger partial charge in [0.15, 0.2) is 0 Å². The summed E-state index contributed by atoms with van der Waals surface area (Å²) in [7, 11) is 1.60. The molecule has 1 amide bonds. The molecule has 0 aliphatic carbocycles. The Kier molecular flexibility index (Phi) is 4.66. The van der Waals surface area contributed by atoms with Crippen molar-refractivity contribution in [2.75, 3.05) is 12.4 Å². The zero-order valence-electron chi connectivity index (χ0n) is 10.1. The van der Waals surface area contributed by atoms with Crippen molar-refractivity contribution in [3.05, 3.63) is 56.6 Å². The molecular formula is C14H11ClINO2. The molecule has 1 N–H and O–H groups in total. The normalized spacial score (nSPS) is 10.1. The molecule has 0 fully saturated rings. The summed E-state index contributed by atoms with van der Waals surface area (Å²) in [5.41, 5.74) is 1.24. The van der Waals surface area contributed by atoms with Gasteiger partial charge in [0.25, 0.3) is 5.91 Å². The van der Waals surface area contributed by atoms with Gasteiger partial charge in [-0.3, -0.25) is 4.79 Å². The van der Waals surface area contributed by atoms with Gasteiger partial charge in [-0.2, -0.15) is 0 Å². The molecule has 0 spiro atoms. The molecule has 0 saturated carbocycles. The number of anilines is 1. The minimum atomic E-state index is -0.178. The van der Waals surface area contributed by atoms with Crippen molar-refractivity contribution in [2.45, 2.75) is 0 Å². The minimum Gasteiger partial charge on any atom is -0.496 e. The van der Waals surface area contributed by atoms with Gasteiger partial charge in [-0.1, -0.05) is 17.7 Å². The fourth-order valence-electron chi connectivity index (χ4n) is 1.58. The Balaban J connectivity index is 2.18. The summed E-state index contributed by atoms with van der Waals surface area (Å²) in [6.45, 7) is 0. The molecular weight excluding hydrogens is 377 g/mol. The van der Waals surface area contributed by atoms with E-state index in [1.807, 2.05) is 0 Å². The first kappa shape index (κ1) is 14.1. The Morgan fingerprint density at radius 2 is 2.05 bits per heavy atom. The molecule has 2 aromatic carbocycles. The summed E-state index contributed by atoms with van der Waals surface area (Å²) in [6.07, 6.45) is 0. The van der Waals surface area contributed by atoms with E-state index in [4.69, 9.17) is 16.3 Å². The van der Waals surface area contributed by atoms with Crippen molar-refractivity contribution in [2.24, 2.45) is 0 Å². The first-order valence-corrected chi connectivity index (χ1v) is 6.96. The minimum absolute atomic E-state index is 0.178. The second kappa shape index (κ2) is 6.25. The molecule has 0 aromatic heterocycles. The molecule has 0 radical (unpaired) electrons. The van der Waals surface area contributed by atoms with E-state index < -0.39 is 0 Å². The average molecular weight is 388 g/mol. The number of carbonyl (C=O) groups is 1. The van der Waals surface area contributed by atoms with E-state index in [1.165, 1.54) is 0 Å². The van der Waals surface area contributed by atoms with Crippen molar-refractivity contribution < 1.29 is 9.53 Å².